The summed E-state index contributed by atoms with van der Waals surface area (Å²) in [5.41, 5.74) is 1.57. The van der Waals surface area contributed by atoms with Crippen molar-refractivity contribution < 1.29 is 0 Å². The second-order valence-electron chi connectivity index (χ2n) is 4.62. The topological polar surface area (TPSA) is 48.7 Å². The van der Waals surface area contributed by atoms with Gasteiger partial charge in [-0.15, -0.1) is 0 Å². The normalized spacial score (nSPS) is 17.3. The third-order valence-electron chi connectivity index (χ3n) is 3.32. The molecule has 2 rings (SSSR count). The average Bonchev–Trinajstić information content (AvgIpc) is 2.13. The van der Waals surface area contributed by atoms with Gasteiger partial charge in [0.15, 0.2) is 0 Å². The van der Waals surface area contributed by atoms with Crippen LogP contribution in [0, 0.1) is 24.2 Å². The molecular weight excluding hydrogens is 198 g/mol. The second-order valence-corrected chi connectivity index (χ2v) is 4.62. The quantitative estimate of drug-likeness (QED) is 0.843. The highest BCUT2D eigenvalue weighted by atomic mass is 15.0. The van der Waals surface area contributed by atoms with Crippen molar-refractivity contribution in [3.8, 4) is 6.07 Å². The molecule has 0 aliphatic heterocycles. The van der Waals surface area contributed by atoms with Crippen LogP contribution in [0.2, 0.25) is 0 Å². The molecule has 0 spiro atoms. The number of rotatable bonds is 3. The van der Waals surface area contributed by atoms with Gasteiger partial charge in [-0.05, 0) is 44.7 Å². The Kier molecular flexibility index (Phi) is 3.09. The molecule has 0 bridgehead atoms. The van der Waals surface area contributed by atoms with Crippen molar-refractivity contribution in [3.63, 3.8) is 0 Å². The van der Waals surface area contributed by atoms with Crippen LogP contribution < -0.4 is 5.32 Å². The summed E-state index contributed by atoms with van der Waals surface area (Å²) in [7, 11) is 0. The Morgan fingerprint density at radius 3 is 2.81 bits per heavy atom. The molecule has 1 unspecified atom stereocenters. The highest BCUT2D eigenvalue weighted by Crippen LogP contribution is 2.30. The van der Waals surface area contributed by atoms with Crippen molar-refractivity contribution in [2.24, 2.45) is 5.92 Å². The fourth-order valence-corrected chi connectivity index (χ4v) is 2.10. The summed E-state index contributed by atoms with van der Waals surface area (Å²) < 4.78 is 0. The van der Waals surface area contributed by atoms with E-state index in [1.54, 1.807) is 6.07 Å². The van der Waals surface area contributed by atoms with Gasteiger partial charge in [0.05, 0.1) is 11.6 Å². The number of nitrogens with one attached hydrogen (secondary N) is 1. The first-order valence-corrected chi connectivity index (χ1v) is 5.84. The minimum atomic E-state index is 0.453. The monoisotopic (exact) mass is 215 g/mol. The lowest BCUT2D eigenvalue weighted by Gasteiger charge is -2.32. The first kappa shape index (κ1) is 10.9. The lowest BCUT2D eigenvalue weighted by molar-refractivity contribution is 0.285. The molecule has 84 valence electrons. The van der Waals surface area contributed by atoms with Crippen molar-refractivity contribution in [2.75, 3.05) is 5.32 Å². The molecule has 1 fully saturated rings. The molecular formula is C13H17N3. The Bertz CT molecular complexity index is 416. The van der Waals surface area contributed by atoms with Crippen LogP contribution in [0.25, 0.3) is 0 Å². The maximum atomic E-state index is 8.88. The molecule has 1 heterocycles. The molecule has 1 saturated carbocycles. The maximum absolute atomic E-state index is 8.88. The first-order valence-electron chi connectivity index (χ1n) is 5.84. The van der Waals surface area contributed by atoms with Crippen LogP contribution in [-0.2, 0) is 0 Å². The second kappa shape index (κ2) is 4.52. The van der Waals surface area contributed by atoms with Crippen LogP contribution in [0.1, 0.15) is 37.4 Å². The number of pyridine rings is 1. The van der Waals surface area contributed by atoms with Crippen molar-refractivity contribution in [2.45, 2.75) is 39.2 Å². The Morgan fingerprint density at radius 1 is 1.50 bits per heavy atom. The molecule has 0 saturated heterocycles. The van der Waals surface area contributed by atoms with E-state index in [2.05, 4.69) is 23.3 Å². The zero-order chi connectivity index (χ0) is 11.5. The highest BCUT2D eigenvalue weighted by Gasteiger charge is 2.23. The molecule has 0 radical (unpaired) electrons. The molecule has 16 heavy (non-hydrogen) atoms. The first-order chi connectivity index (χ1) is 7.69. The van der Waals surface area contributed by atoms with Gasteiger partial charge in [0.25, 0.3) is 0 Å². The molecule has 3 nitrogen and oxygen atoms in total. The highest BCUT2D eigenvalue weighted by molar-refractivity contribution is 5.45. The van der Waals surface area contributed by atoms with Gasteiger partial charge in [-0.1, -0.05) is 6.42 Å². The van der Waals surface area contributed by atoms with Crippen molar-refractivity contribution in [1.82, 2.24) is 4.98 Å². The standard InChI is InChI=1S/C13H17N3/c1-9-6-11(8-14)7-13(15-9)16-10(2)12-4-3-5-12/h6-7,10,12H,3-5H2,1-2H3,(H,15,16). The lowest BCUT2D eigenvalue weighted by Crippen LogP contribution is -2.31. The summed E-state index contributed by atoms with van der Waals surface area (Å²) in [4.78, 5) is 4.40. The maximum Gasteiger partial charge on any atom is 0.127 e. The number of hydrogen-bond donors (Lipinski definition) is 1. The van der Waals surface area contributed by atoms with E-state index < -0.39 is 0 Å². The van der Waals surface area contributed by atoms with Crippen LogP contribution in [-0.4, -0.2) is 11.0 Å². The fourth-order valence-electron chi connectivity index (χ4n) is 2.10. The third kappa shape index (κ3) is 2.33. The van der Waals surface area contributed by atoms with Gasteiger partial charge in [0.1, 0.15) is 5.82 Å². The molecule has 3 heteroatoms. The molecule has 1 aromatic rings. The van der Waals surface area contributed by atoms with Gasteiger partial charge < -0.3 is 5.32 Å². The van der Waals surface area contributed by atoms with Gasteiger partial charge in [-0.25, -0.2) is 4.98 Å². The van der Waals surface area contributed by atoms with Crippen LogP contribution >= 0.6 is 0 Å². The van der Waals surface area contributed by atoms with E-state index in [-0.39, 0.29) is 0 Å². The summed E-state index contributed by atoms with van der Waals surface area (Å²) in [6, 6.07) is 6.24. The minimum absolute atomic E-state index is 0.453. The Hall–Kier alpha value is -1.56. The van der Waals surface area contributed by atoms with E-state index in [1.165, 1.54) is 19.3 Å². The van der Waals surface area contributed by atoms with Crippen LogP contribution in [0.5, 0.6) is 0 Å². The van der Waals surface area contributed by atoms with Crippen molar-refractivity contribution >= 4 is 5.82 Å². The molecule has 0 amide bonds. The predicted octanol–water partition coefficient (Wildman–Crippen LogP) is 2.86. The van der Waals surface area contributed by atoms with Crippen LogP contribution in [0.15, 0.2) is 12.1 Å². The number of aryl methyl sites for hydroxylation is 1. The fraction of sp³-hybridized carbons (Fsp3) is 0.538. The summed E-state index contributed by atoms with van der Waals surface area (Å²) in [5, 5.41) is 12.3. The van der Waals surface area contributed by atoms with E-state index >= 15 is 0 Å². The van der Waals surface area contributed by atoms with Gasteiger partial charge in [0, 0.05) is 11.7 Å². The van der Waals surface area contributed by atoms with E-state index in [9.17, 15) is 0 Å². The summed E-state index contributed by atoms with van der Waals surface area (Å²) in [6.45, 7) is 4.11. The number of hydrogen-bond acceptors (Lipinski definition) is 3. The smallest absolute Gasteiger partial charge is 0.127 e. The third-order valence-corrected chi connectivity index (χ3v) is 3.32. The SMILES string of the molecule is Cc1cc(C#N)cc(NC(C)C2CCC2)n1. The van der Waals surface area contributed by atoms with Gasteiger partial charge >= 0.3 is 0 Å². The van der Waals surface area contributed by atoms with Gasteiger partial charge in [0.2, 0.25) is 0 Å². The Labute approximate surface area is 96.5 Å². The summed E-state index contributed by atoms with van der Waals surface area (Å²) in [5.74, 6) is 1.60. The molecule has 1 aromatic heterocycles. The molecule has 1 N–H and O–H groups in total. The minimum Gasteiger partial charge on any atom is -0.367 e. The van der Waals surface area contributed by atoms with E-state index in [1.807, 2.05) is 13.0 Å². The van der Waals surface area contributed by atoms with E-state index in [0.29, 0.717) is 11.6 Å². The number of aromatic nitrogens is 1. The number of nitrogens with zero attached hydrogens (tertiary/aromatic N) is 2. The zero-order valence-corrected chi connectivity index (χ0v) is 9.83. The Balaban J connectivity index is 2.08. The molecule has 0 aromatic carbocycles. The van der Waals surface area contributed by atoms with E-state index in [4.69, 9.17) is 5.26 Å². The number of nitriles is 1. The predicted molar refractivity (Wildman–Crippen MR) is 64.1 cm³/mol. The van der Waals surface area contributed by atoms with Crippen molar-refractivity contribution in [1.29, 1.82) is 5.26 Å². The van der Waals surface area contributed by atoms with Gasteiger partial charge in [-0.2, -0.15) is 5.26 Å². The zero-order valence-electron chi connectivity index (χ0n) is 9.83. The largest absolute Gasteiger partial charge is 0.367 e. The van der Waals surface area contributed by atoms with E-state index in [0.717, 1.165) is 17.4 Å². The van der Waals surface area contributed by atoms with Crippen molar-refractivity contribution in [3.05, 3.63) is 23.4 Å². The van der Waals surface area contributed by atoms with Gasteiger partial charge in [-0.3, -0.25) is 0 Å². The summed E-state index contributed by atoms with van der Waals surface area (Å²) >= 11 is 0. The number of anilines is 1. The Morgan fingerprint density at radius 2 is 2.25 bits per heavy atom. The summed E-state index contributed by atoms with van der Waals surface area (Å²) in [6.07, 6.45) is 3.97. The molecule has 1 aliphatic carbocycles. The average molecular weight is 215 g/mol. The van der Waals surface area contributed by atoms with Crippen LogP contribution in [0.3, 0.4) is 0 Å². The lowest BCUT2D eigenvalue weighted by atomic mass is 9.80. The molecule has 1 atom stereocenters. The molecule has 1 aliphatic rings. The van der Waals surface area contributed by atoms with Crippen LogP contribution in [0.4, 0.5) is 5.82 Å².